The van der Waals surface area contributed by atoms with Crippen LogP contribution in [0.15, 0.2) is 48.7 Å². The van der Waals surface area contributed by atoms with E-state index in [1.165, 1.54) is 12.1 Å². The highest BCUT2D eigenvalue weighted by Gasteiger charge is 2.11. The van der Waals surface area contributed by atoms with Crippen molar-refractivity contribution in [3.05, 3.63) is 75.7 Å². The van der Waals surface area contributed by atoms with Crippen molar-refractivity contribution in [3.8, 4) is 11.8 Å². The van der Waals surface area contributed by atoms with Gasteiger partial charge in [0.25, 0.3) is 5.69 Å². The van der Waals surface area contributed by atoms with Crippen LogP contribution in [0.1, 0.15) is 17.0 Å². The van der Waals surface area contributed by atoms with Crippen molar-refractivity contribution >= 4 is 17.3 Å². The van der Waals surface area contributed by atoms with Crippen LogP contribution in [-0.2, 0) is 16.1 Å². The number of non-ortho nitro benzene ring substituents is 1. The van der Waals surface area contributed by atoms with Gasteiger partial charge in [-0.05, 0) is 30.2 Å². The second kappa shape index (κ2) is 7.46. The van der Waals surface area contributed by atoms with E-state index in [2.05, 4.69) is 16.8 Å². The van der Waals surface area contributed by atoms with Gasteiger partial charge in [-0.3, -0.25) is 14.5 Å². The van der Waals surface area contributed by atoms with Gasteiger partial charge in [0.2, 0.25) is 0 Å². The van der Waals surface area contributed by atoms with E-state index in [4.69, 9.17) is 9.84 Å². The van der Waals surface area contributed by atoms with Crippen molar-refractivity contribution in [2.45, 2.75) is 6.61 Å². The Labute approximate surface area is 147 Å². The number of carbonyl (C=O) groups is 1. The van der Waals surface area contributed by atoms with Gasteiger partial charge in [0.1, 0.15) is 23.6 Å². The highest BCUT2D eigenvalue weighted by Crippen LogP contribution is 2.14. The summed E-state index contributed by atoms with van der Waals surface area (Å²) in [6.45, 7) is -0.415. The number of aliphatic carboxylic acids is 1. The van der Waals surface area contributed by atoms with E-state index in [-0.39, 0.29) is 12.3 Å². The first kappa shape index (κ1) is 17.1. The van der Waals surface area contributed by atoms with E-state index in [1.807, 2.05) is 12.1 Å². The normalized spacial score (nSPS) is 10.3. The summed E-state index contributed by atoms with van der Waals surface area (Å²) >= 11 is 0. The van der Waals surface area contributed by atoms with Gasteiger partial charge < -0.3 is 9.84 Å². The Balaban J connectivity index is 1.93. The van der Waals surface area contributed by atoms with Crippen LogP contribution in [0.5, 0.6) is 0 Å². The maximum absolute atomic E-state index is 10.7. The van der Waals surface area contributed by atoms with Crippen LogP contribution in [0.3, 0.4) is 0 Å². The van der Waals surface area contributed by atoms with Crippen molar-refractivity contribution in [1.82, 2.24) is 9.38 Å². The van der Waals surface area contributed by atoms with Crippen LogP contribution in [-0.4, -0.2) is 32.0 Å². The number of imidazole rings is 1. The van der Waals surface area contributed by atoms with Crippen molar-refractivity contribution in [3.63, 3.8) is 0 Å². The third-order valence-electron chi connectivity index (χ3n) is 3.47. The average molecular weight is 351 g/mol. The monoisotopic (exact) mass is 351 g/mol. The number of benzene rings is 1. The minimum absolute atomic E-state index is 0.00638. The molecule has 0 aliphatic heterocycles. The van der Waals surface area contributed by atoms with Crippen LogP contribution in [0.25, 0.3) is 5.65 Å². The maximum atomic E-state index is 10.7. The lowest BCUT2D eigenvalue weighted by Crippen LogP contribution is -2.07. The molecule has 3 rings (SSSR count). The average Bonchev–Trinajstić information content (AvgIpc) is 2.97. The molecule has 0 fully saturated rings. The zero-order chi connectivity index (χ0) is 18.5. The van der Waals surface area contributed by atoms with Gasteiger partial charge in [0, 0.05) is 23.9 Å². The lowest BCUT2D eigenvalue weighted by atomic mass is 10.2. The third-order valence-corrected chi connectivity index (χ3v) is 3.47. The molecule has 0 unspecified atom stereocenters. The van der Waals surface area contributed by atoms with E-state index in [9.17, 15) is 14.9 Å². The molecule has 130 valence electrons. The molecule has 0 amide bonds. The Morgan fingerprint density at radius 2 is 2.00 bits per heavy atom. The number of nitro groups is 1. The van der Waals surface area contributed by atoms with Gasteiger partial charge in [0.05, 0.1) is 11.5 Å². The standard InChI is InChI=1S/C18H13N3O5/c22-18(23)12-26-11-15-16(20-10-2-1-3-17(20)19-15)9-6-13-4-7-14(8-5-13)21(24)25/h1-5,7-8,10H,11-12H2,(H,22,23). The summed E-state index contributed by atoms with van der Waals surface area (Å²) in [6, 6.07) is 11.4. The predicted molar refractivity (Wildman–Crippen MR) is 91.6 cm³/mol. The molecule has 0 aliphatic carbocycles. The number of fused-ring (bicyclic) bond motifs is 1. The summed E-state index contributed by atoms with van der Waals surface area (Å²) in [5.41, 5.74) is 2.36. The van der Waals surface area contributed by atoms with Crippen molar-refractivity contribution in [2.24, 2.45) is 0 Å². The number of nitro benzene ring substituents is 1. The summed E-state index contributed by atoms with van der Waals surface area (Å²) in [5.74, 6) is 4.87. The summed E-state index contributed by atoms with van der Waals surface area (Å²) in [6.07, 6.45) is 1.79. The zero-order valence-electron chi connectivity index (χ0n) is 13.5. The molecule has 0 aliphatic rings. The molecule has 8 heteroatoms. The molecule has 2 heterocycles. The number of nitrogens with zero attached hydrogens (tertiary/aromatic N) is 3. The van der Waals surface area contributed by atoms with Crippen LogP contribution in [0.4, 0.5) is 5.69 Å². The smallest absolute Gasteiger partial charge is 0.329 e. The number of hydrogen-bond acceptors (Lipinski definition) is 5. The first-order valence-corrected chi connectivity index (χ1v) is 7.56. The Morgan fingerprint density at radius 1 is 1.23 bits per heavy atom. The molecule has 26 heavy (non-hydrogen) atoms. The summed E-state index contributed by atoms with van der Waals surface area (Å²) in [4.78, 5) is 25.2. The van der Waals surface area contributed by atoms with E-state index >= 15 is 0 Å². The van der Waals surface area contributed by atoms with Crippen molar-refractivity contribution in [1.29, 1.82) is 0 Å². The van der Waals surface area contributed by atoms with Gasteiger partial charge in [-0.25, -0.2) is 9.78 Å². The molecule has 0 radical (unpaired) electrons. The van der Waals surface area contributed by atoms with Gasteiger partial charge in [-0.2, -0.15) is 0 Å². The zero-order valence-corrected chi connectivity index (χ0v) is 13.5. The number of ether oxygens (including phenoxy) is 1. The quantitative estimate of drug-likeness (QED) is 0.429. The first-order chi connectivity index (χ1) is 12.5. The van der Waals surface area contributed by atoms with Crippen LogP contribution in [0, 0.1) is 22.0 Å². The maximum Gasteiger partial charge on any atom is 0.329 e. The molecule has 1 aromatic carbocycles. The van der Waals surface area contributed by atoms with Gasteiger partial charge in [0.15, 0.2) is 0 Å². The molecule has 0 saturated heterocycles. The number of rotatable bonds is 5. The third kappa shape index (κ3) is 3.85. The van der Waals surface area contributed by atoms with Crippen molar-refractivity contribution in [2.75, 3.05) is 6.61 Å². The molecular formula is C18H13N3O5. The van der Waals surface area contributed by atoms with Crippen LogP contribution < -0.4 is 0 Å². The predicted octanol–water partition coefficient (Wildman–Crippen LogP) is 2.24. The number of pyridine rings is 1. The fraction of sp³-hybridized carbons (Fsp3) is 0.111. The van der Waals surface area contributed by atoms with Gasteiger partial charge in [-0.1, -0.05) is 12.0 Å². The van der Waals surface area contributed by atoms with Gasteiger partial charge >= 0.3 is 5.97 Å². The van der Waals surface area contributed by atoms with Gasteiger partial charge in [-0.15, -0.1) is 0 Å². The van der Waals surface area contributed by atoms with Crippen molar-refractivity contribution < 1.29 is 19.6 Å². The second-order valence-electron chi connectivity index (χ2n) is 5.28. The number of hydrogen-bond donors (Lipinski definition) is 1. The SMILES string of the molecule is O=C(O)COCc1nc2ccccn2c1C#Cc1ccc([N+](=O)[O-])cc1. The highest BCUT2D eigenvalue weighted by atomic mass is 16.6. The first-order valence-electron chi connectivity index (χ1n) is 7.56. The topological polar surface area (TPSA) is 107 Å². The van der Waals surface area contributed by atoms with Crippen LogP contribution in [0.2, 0.25) is 0 Å². The number of carboxylic acid groups (broad SMARTS) is 1. The van der Waals surface area contributed by atoms with E-state index in [0.717, 1.165) is 0 Å². The Hall–Kier alpha value is -3.70. The van der Waals surface area contributed by atoms with E-state index in [0.29, 0.717) is 22.6 Å². The molecular weight excluding hydrogens is 338 g/mol. The molecule has 0 atom stereocenters. The fourth-order valence-electron chi connectivity index (χ4n) is 2.31. The largest absolute Gasteiger partial charge is 0.480 e. The summed E-state index contributed by atoms with van der Waals surface area (Å²) < 4.78 is 6.90. The van der Waals surface area contributed by atoms with Crippen LogP contribution >= 0.6 is 0 Å². The molecule has 0 spiro atoms. The Morgan fingerprint density at radius 3 is 2.69 bits per heavy atom. The lowest BCUT2D eigenvalue weighted by molar-refractivity contribution is -0.384. The highest BCUT2D eigenvalue weighted by molar-refractivity contribution is 5.68. The molecule has 8 nitrogen and oxygen atoms in total. The lowest BCUT2D eigenvalue weighted by Gasteiger charge is -1.99. The summed E-state index contributed by atoms with van der Waals surface area (Å²) in [7, 11) is 0. The number of carboxylic acids is 1. The van der Waals surface area contributed by atoms with E-state index in [1.54, 1.807) is 28.8 Å². The number of aromatic nitrogens is 2. The molecule has 3 aromatic rings. The summed E-state index contributed by atoms with van der Waals surface area (Å²) in [5, 5.41) is 19.4. The molecule has 0 bridgehead atoms. The van der Waals surface area contributed by atoms with E-state index < -0.39 is 17.5 Å². The fourth-order valence-corrected chi connectivity index (χ4v) is 2.31. The molecule has 2 aromatic heterocycles. The second-order valence-corrected chi connectivity index (χ2v) is 5.28. The minimum atomic E-state index is -1.06. The molecule has 0 saturated carbocycles. The minimum Gasteiger partial charge on any atom is -0.480 e. The Kier molecular flexibility index (Phi) is 4.92. The molecule has 1 N–H and O–H groups in total. The Bertz CT molecular complexity index is 1030.